The van der Waals surface area contributed by atoms with Gasteiger partial charge in [-0.3, -0.25) is 0 Å². The highest BCUT2D eigenvalue weighted by Crippen LogP contribution is 2.60. The van der Waals surface area contributed by atoms with Gasteiger partial charge in [0, 0.05) is 21.5 Å². The number of aromatic nitrogens is 1. The van der Waals surface area contributed by atoms with Crippen LogP contribution >= 0.6 is 0 Å². The lowest BCUT2D eigenvalue weighted by molar-refractivity contribution is 0.776. The summed E-state index contributed by atoms with van der Waals surface area (Å²) in [5.74, 6) is 0. The van der Waals surface area contributed by atoms with E-state index in [1.165, 1.54) is 38.8 Å². The van der Waals surface area contributed by atoms with Crippen molar-refractivity contribution in [3.8, 4) is 23.3 Å². The molecule has 0 bridgehead atoms. The fraction of sp³-hybridized carbons (Fsp3) is 0.0256. The van der Waals surface area contributed by atoms with Crippen LogP contribution in [0.25, 0.3) is 49.2 Å². The SMILES string of the molecule is N#Cc1ccc2c3cc4c(c5c6ccc(C#N)cc6n(c2c1)c35)C(c1ccccc1)(c1ccccc1)c1ccccc1-4. The highest BCUT2D eigenvalue weighted by atomic mass is 14.9. The molecule has 0 unspecified atom stereocenters. The summed E-state index contributed by atoms with van der Waals surface area (Å²) in [6.07, 6.45) is 0. The van der Waals surface area contributed by atoms with Crippen molar-refractivity contribution >= 4 is 38.1 Å². The van der Waals surface area contributed by atoms with E-state index < -0.39 is 5.41 Å². The zero-order chi connectivity index (χ0) is 28.0. The Hall–Kier alpha value is -5.90. The molecule has 2 heterocycles. The Morgan fingerprint density at radius 3 is 1.74 bits per heavy atom. The monoisotopic (exact) mass is 531 g/mol. The quantitative estimate of drug-likeness (QED) is 0.224. The molecule has 0 spiro atoms. The third-order valence-corrected chi connectivity index (χ3v) is 9.23. The summed E-state index contributed by atoms with van der Waals surface area (Å²) in [4.78, 5) is 0. The van der Waals surface area contributed by atoms with E-state index in [9.17, 15) is 10.5 Å². The maximum Gasteiger partial charge on any atom is 0.0992 e. The predicted octanol–water partition coefficient (Wildman–Crippen LogP) is 8.94. The summed E-state index contributed by atoms with van der Waals surface area (Å²) in [6.45, 7) is 0. The number of benzene rings is 6. The molecular formula is C39H21N3. The van der Waals surface area contributed by atoms with Gasteiger partial charge in [0.1, 0.15) is 0 Å². The first-order chi connectivity index (χ1) is 20.8. The molecule has 42 heavy (non-hydrogen) atoms. The number of hydrogen-bond acceptors (Lipinski definition) is 2. The summed E-state index contributed by atoms with van der Waals surface area (Å²) >= 11 is 0. The molecule has 3 heteroatoms. The molecule has 2 aromatic heterocycles. The second kappa shape index (κ2) is 8.07. The molecular weight excluding hydrogens is 510 g/mol. The van der Waals surface area contributed by atoms with Crippen LogP contribution in [0, 0.1) is 22.7 Å². The topological polar surface area (TPSA) is 52.0 Å². The molecule has 9 rings (SSSR count). The van der Waals surface area contributed by atoms with Crippen molar-refractivity contribution in [2.75, 3.05) is 0 Å². The molecule has 192 valence electrons. The summed E-state index contributed by atoms with van der Waals surface area (Å²) in [6, 6.07) is 49.5. The maximum absolute atomic E-state index is 9.88. The number of fused-ring (bicyclic) bond motifs is 10. The van der Waals surface area contributed by atoms with E-state index >= 15 is 0 Å². The summed E-state index contributed by atoms with van der Waals surface area (Å²) in [7, 11) is 0. The second-order valence-electron chi connectivity index (χ2n) is 11.1. The zero-order valence-electron chi connectivity index (χ0n) is 22.5. The van der Waals surface area contributed by atoms with Gasteiger partial charge < -0.3 is 4.40 Å². The van der Waals surface area contributed by atoms with Crippen LogP contribution in [0.5, 0.6) is 0 Å². The Morgan fingerprint density at radius 2 is 1.10 bits per heavy atom. The Bertz CT molecular complexity index is 2430. The van der Waals surface area contributed by atoms with Crippen LogP contribution in [-0.2, 0) is 5.41 Å². The number of nitrogens with zero attached hydrogens (tertiary/aromatic N) is 3. The van der Waals surface area contributed by atoms with Crippen molar-refractivity contribution < 1.29 is 0 Å². The normalized spacial score (nSPS) is 13.4. The fourth-order valence-corrected chi connectivity index (χ4v) is 7.68. The zero-order valence-corrected chi connectivity index (χ0v) is 22.5. The van der Waals surface area contributed by atoms with Gasteiger partial charge in [-0.15, -0.1) is 0 Å². The molecule has 0 amide bonds. The van der Waals surface area contributed by atoms with E-state index in [2.05, 4.69) is 120 Å². The molecule has 0 saturated carbocycles. The Labute approximate surface area is 242 Å². The standard InChI is InChI=1S/C39H21N3/c40-22-24-15-17-29-32-21-31-28-13-7-8-14-33(28)39(26-9-3-1-4-10-26,27-11-5-2-6-12-27)37(31)36-30-18-16-25(23-41)20-35(30)42(38(32)36)34(29)19-24/h1-21H. The third-order valence-electron chi connectivity index (χ3n) is 9.23. The minimum atomic E-state index is -0.549. The molecule has 0 fully saturated rings. The molecule has 0 aliphatic heterocycles. The third kappa shape index (κ3) is 2.63. The van der Waals surface area contributed by atoms with Crippen LogP contribution in [0.4, 0.5) is 0 Å². The minimum absolute atomic E-state index is 0.549. The van der Waals surface area contributed by atoms with Gasteiger partial charge >= 0.3 is 0 Å². The number of hydrogen-bond donors (Lipinski definition) is 0. The van der Waals surface area contributed by atoms with E-state index in [0.717, 1.165) is 32.7 Å². The van der Waals surface area contributed by atoms with Crippen molar-refractivity contribution in [3.63, 3.8) is 0 Å². The van der Waals surface area contributed by atoms with Crippen molar-refractivity contribution in [2.24, 2.45) is 0 Å². The average molecular weight is 532 g/mol. The lowest BCUT2D eigenvalue weighted by Gasteiger charge is -2.34. The summed E-state index contributed by atoms with van der Waals surface area (Å²) < 4.78 is 2.28. The Balaban J connectivity index is 1.61. The van der Waals surface area contributed by atoms with Crippen LogP contribution in [0.1, 0.15) is 33.4 Å². The van der Waals surface area contributed by atoms with Crippen LogP contribution in [0.15, 0.2) is 127 Å². The summed E-state index contributed by atoms with van der Waals surface area (Å²) in [5.41, 5.74) is 11.2. The van der Waals surface area contributed by atoms with Gasteiger partial charge in [0.05, 0.1) is 45.2 Å². The molecule has 8 aromatic rings. The van der Waals surface area contributed by atoms with E-state index in [0.29, 0.717) is 11.1 Å². The predicted molar refractivity (Wildman–Crippen MR) is 168 cm³/mol. The summed E-state index contributed by atoms with van der Waals surface area (Å²) in [5, 5.41) is 24.2. The Morgan fingerprint density at radius 1 is 0.524 bits per heavy atom. The van der Waals surface area contributed by atoms with Gasteiger partial charge in [-0.05, 0) is 63.7 Å². The smallest absolute Gasteiger partial charge is 0.0992 e. The van der Waals surface area contributed by atoms with E-state index in [4.69, 9.17) is 0 Å². The number of nitriles is 2. The van der Waals surface area contributed by atoms with E-state index in [-0.39, 0.29) is 0 Å². The van der Waals surface area contributed by atoms with Crippen molar-refractivity contribution in [3.05, 3.63) is 161 Å². The van der Waals surface area contributed by atoms with Gasteiger partial charge in [0.15, 0.2) is 0 Å². The molecule has 3 nitrogen and oxygen atoms in total. The van der Waals surface area contributed by atoms with Crippen LogP contribution in [0.2, 0.25) is 0 Å². The molecule has 0 atom stereocenters. The highest BCUT2D eigenvalue weighted by Gasteiger charge is 2.48. The van der Waals surface area contributed by atoms with Gasteiger partial charge in [-0.2, -0.15) is 10.5 Å². The van der Waals surface area contributed by atoms with Gasteiger partial charge in [-0.1, -0.05) is 97.1 Å². The van der Waals surface area contributed by atoms with E-state index in [1.54, 1.807) is 0 Å². The average Bonchev–Trinajstić information content (AvgIpc) is 3.67. The highest BCUT2D eigenvalue weighted by molar-refractivity contribution is 6.27. The molecule has 0 N–H and O–H groups in total. The van der Waals surface area contributed by atoms with E-state index in [1.807, 2.05) is 24.3 Å². The Kier molecular flexibility index (Phi) is 4.40. The molecule has 0 saturated heterocycles. The molecule has 6 aromatic carbocycles. The van der Waals surface area contributed by atoms with Crippen molar-refractivity contribution in [1.82, 2.24) is 4.40 Å². The molecule has 0 radical (unpaired) electrons. The number of rotatable bonds is 2. The second-order valence-corrected chi connectivity index (χ2v) is 11.1. The first-order valence-corrected chi connectivity index (χ1v) is 14.1. The minimum Gasteiger partial charge on any atom is -0.308 e. The van der Waals surface area contributed by atoms with Crippen LogP contribution in [-0.4, -0.2) is 4.40 Å². The van der Waals surface area contributed by atoms with Crippen LogP contribution in [0.3, 0.4) is 0 Å². The molecule has 1 aliphatic rings. The largest absolute Gasteiger partial charge is 0.308 e. The van der Waals surface area contributed by atoms with Gasteiger partial charge in [-0.25, -0.2) is 0 Å². The lowest BCUT2D eigenvalue weighted by Crippen LogP contribution is -2.28. The van der Waals surface area contributed by atoms with Crippen molar-refractivity contribution in [2.45, 2.75) is 5.41 Å². The first kappa shape index (κ1) is 22.9. The lowest BCUT2D eigenvalue weighted by atomic mass is 9.66. The maximum atomic E-state index is 9.88. The van der Waals surface area contributed by atoms with Gasteiger partial charge in [0.25, 0.3) is 0 Å². The van der Waals surface area contributed by atoms with Gasteiger partial charge in [0.2, 0.25) is 0 Å². The first-order valence-electron chi connectivity index (χ1n) is 14.1. The van der Waals surface area contributed by atoms with Crippen LogP contribution < -0.4 is 0 Å². The van der Waals surface area contributed by atoms with Crippen molar-refractivity contribution in [1.29, 1.82) is 10.5 Å². The fourth-order valence-electron chi connectivity index (χ4n) is 7.68. The molecule has 1 aliphatic carbocycles.